The number of carboxylic acid groups (broad SMARTS) is 1. The van der Waals surface area contributed by atoms with Gasteiger partial charge in [0.2, 0.25) is 5.91 Å². The highest BCUT2D eigenvalue weighted by Crippen LogP contribution is 2.32. The molecule has 3 N–H and O–H groups in total. The third kappa shape index (κ3) is 6.69. The molecule has 0 saturated heterocycles. The predicted octanol–water partition coefficient (Wildman–Crippen LogP) is 5.11. The molecule has 0 unspecified atom stereocenters. The summed E-state index contributed by atoms with van der Waals surface area (Å²) >= 11 is 0. The SMILES string of the molecule is CC(=O)N(CCN(C)C)c1ccc(N=C(c2ccc(CCC(=O)O)cc2)c2c(O)[nH]c3cc(F)ccc23)cc1. The highest BCUT2D eigenvalue weighted by atomic mass is 19.1. The molecule has 0 bridgehead atoms. The number of carboxylic acids is 1. The summed E-state index contributed by atoms with van der Waals surface area (Å²) in [6.07, 6.45) is 0.412. The van der Waals surface area contributed by atoms with Crippen molar-refractivity contribution in [3.8, 4) is 5.88 Å². The molecule has 9 heteroatoms. The average Bonchev–Trinajstić information content (AvgIpc) is 3.21. The maximum atomic E-state index is 13.9. The molecule has 0 fully saturated rings. The Balaban J connectivity index is 1.76. The number of aromatic amines is 1. The average molecular weight is 531 g/mol. The zero-order chi connectivity index (χ0) is 28.1. The number of carbonyl (C=O) groups excluding carboxylic acids is 1. The van der Waals surface area contributed by atoms with Gasteiger partial charge in [-0.25, -0.2) is 9.38 Å². The molecule has 0 atom stereocenters. The van der Waals surface area contributed by atoms with Crippen molar-refractivity contribution in [1.29, 1.82) is 0 Å². The number of amides is 1. The topological polar surface area (TPSA) is 109 Å². The van der Waals surface area contributed by atoms with Crippen molar-refractivity contribution in [2.75, 3.05) is 32.1 Å². The third-order valence-corrected chi connectivity index (χ3v) is 6.39. The van der Waals surface area contributed by atoms with E-state index in [0.717, 1.165) is 11.3 Å². The van der Waals surface area contributed by atoms with Crippen molar-refractivity contribution in [3.05, 3.63) is 89.2 Å². The van der Waals surface area contributed by atoms with Crippen LogP contribution in [-0.4, -0.2) is 64.9 Å². The molecule has 1 amide bonds. The second-order valence-corrected chi connectivity index (χ2v) is 9.58. The number of nitrogens with one attached hydrogen (secondary N) is 1. The van der Waals surface area contributed by atoms with E-state index in [4.69, 9.17) is 10.1 Å². The summed E-state index contributed by atoms with van der Waals surface area (Å²) in [4.78, 5) is 34.6. The first kappa shape index (κ1) is 27.5. The number of aromatic nitrogens is 1. The van der Waals surface area contributed by atoms with Gasteiger partial charge in [0.25, 0.3) is 0 Å². The number of likely N-dealkylation sites (N-methyl/N-ethyl adjacent to an activating group) is 1. The van der Waals surface area contributed by atoms with Crippen molar-refractivity contribution in [2.24, 2.45) is 4.99 Å². The van der Waals surface area contributed by atoms with Crippen LogP contribution in [-0.2, 0) is 16.0 Å². The van der Waals surface area contributed by atoms with Gasteiger partial charge >= 0.3 is 5.97 Å². The Hall–Kier alpha value is -4.50. The van der Waals surface area contributed by atoms with Crippen LogP contribution in [0.25, 0.3) is 10.9 Å². The van der Waals surface area contributed by atoms with Crippen molar-refractivity contribution < 1.29 is 24.2 Å². The normalized spacial score (nSPS) is 11.8. The lowest BCUT2D eigenvalue weighted by Gasteiger charge is -2.23. The van der Waals surface area contributed by atoms with Gasteiger partial charge in [0.1, 0.15) is 5.82 Å². The second kappa shape index (κ2) is 11.9. The molecule has 3 aromatic carbocycles. The fourth-order valence-corrected chi connectivity index (χ4v) is 4.35. The smallest absolute Gasteiger partial charge is 0.303 e. The molecule has 0 spiro atoms. The summed E-state index contributed by atoms with van der Waals surface area (Å²) in [6.45, 7) is 2.79. The first-order valence-corrected chi connectivity index (χ1v) is 12.6. The molecule has 0 saturated carbocycles. The molecule has 0 radical (unpaired) electrons. The number of H-pyrrole nitrogens is 1. The van der Waals surface area contributed by atoms with Crippen LogP contribution < -0.4 is 4.90 Å². The molecule has 0 aliphatic carbocycles. The molecule has 0 aliphatic heterocycles. The van der Waals surface area contributed by atoms with E-state index in [-0.39, 0.29) is 18.2 Å². The van der Waals surface area contributed by atoms with E-state index in [2.05, 4.69) is 4.98 Å². The number of carbonyl (C=O) groups is 2. The van der Waals surface area contributed by atoms with E-state index in [1.54, 1.807) is 23.1 Å². The van der Waals surface area contributed by atoms with E-state index in [1.165, 1.54) is 19.1 Å². The van der Waals surface area contributed by atoms with E-state index in [0.29, 0.717) is 52.9 Å². The minimum Gasteiger partial charge on any atom is -0.494 e. The Morgan fingerprint density at radius 1 is 0.974 bits per heavy atom. The number of halogens is 1. The molecular weight excluding hydrogens is 499 g/mol. The molecular formula is C30H31FN4O4. The lowest BCUT2D eigenvalue weighted by Crippen LogP contribution is -2.35. The minimum absolute atomic E-state index is 0.0211. The number of nitrogens with zero attached hydrogens (tertiary/aromatic N) is 3. The van der Waals surface area contributed by atoms with Crippen molar-refractivity contribution >= 4 is 39.9 Å². The number of anilines is 1. The molecule has 1 heterocycles. The Morgan fingerprint density at radius 3 is 2.28 bits per heavy atom. The minimum atomic E-state index is -0.870. The van der Waals surface area contributed by atoms with Crippen LogP contribution in [0.3, 0.4) is 0 Å². The molecule has 4 rings (SSSR count). The third-order valence-electron chi connectivity index (χ3n) is 6.39. The standard InChI is InChI=1S/C30H31FN4O4/c1-19(36)35(17-16-34(2)3)24-12-10-23(11-13-24)32-29(21-7-4-20(5-8-21)6-15-27(37)38)28-25-14-9-22(31)18-26(25)33-30(28)39/h4-5,7-14,18,33,39H,6,15-17H2,1-3H3,(H,37,38). The Morgan fingerprint density at radius 2 is 1.67 bits per heavy atom. The molecule has 1 aromatic heterocycles. The molecule has 4 aromatic rings. The maximum Gasteiger partial charge on any atom is 0.303 e. The number of fused-ring (bicyclic) bond motifs is 1. The van der Waals surface area contributed by atoms with Gasteiger partial charge in [-0.1, -0.05) is 24.3 Å². The number of benzene rings is 3. The summed E-state index contributed by atoms with van der Waals surface area (Å²) in [7, 11) is 3.90. The van der Waals surface area contributed by atoms with Crippen LogP contribution in [0.1, 0.15) is 30.0 Å². The summed E-state index contributed by atoms with van der Waals surface area (Å²) in [5.41, 5.74) is 4.20. The zero-order valence-electron chi connectivity index (χ0n) is 22.1. The largest absolute Gasteiger partial charge is 0.494 e. The van der Waals surface area contributed by atoms with Crippen LogP contribution in [0.4, 0.5) is 15.8 Å². The van der Waals surface area contributed by atoms with Crippen LogP contribution >= 0.6 is 0 Å². The highest BCUT2D eigenvalue weighted by Gasteiger charge is 2.20. The van der Waals surface area contributed by atoms with Crippen LogP contribution in [0.15, 0.2) is 71.7 Å². The fraction of sp³-hybridized carbons (Fsp3) is 0.233. The number of aromatic hydroxyl groups is 1. The first-order chi connectivity index (χ1) is 18.6. The Kier molecular flexibility index (Phi) is 8.41. The van der Waals surface area contributed by atoms with E-state index in [1.807, 2.05) is 55.4 Å². The quantitative estimate of drug-likeness (QED) is 0.247. The summed E-state index contributed by atoms with van der Waals surface area (Å²) < 4.78 is 13.9. The molecule has 0 aliphatic rings. The van der Waals surface area contributed by atoms with Gasteiger partial charge in [0.05, 0.1) is 22.5 Å². The van der Waals surface area contributed by atoms with Crippen molar-refractivity contribution in [2.45, 2.75) is 19.8 Å². The van der Waals surface area contributed by atoms with Gasteiger partial charge in [-0.15, -0.1) is 0 Å². The fourth-order valence-electron chi connectivity index (χ4n) is 4.35. The van der Waals surface area contributed by atoms with Gasteiger partial charge in [-0.3, -0.25) is 9.59 Å². The number of aryl methyl sites for hydroxylation is 1. The van der Waals surface area contributed by atoms with Gasteiger partial charge in [0.15, 0.2) is 5.88 Å². The lowest BCUT2D eigenvalue weighted by molar-refractivity contribution is -0.137. The van der Waals surface area contributed by atoms with Gasteiger partial charge < -0.3 is 25.0 Å². The number of hydrogen-bond donors (Lipinski definition) is 3. The highest BCUT2D eigenvalue weighted by molar-refractivity contribution is 6.21. The number of hydrogen-bond acceptors (Lipinski definition) is 5. The molecule has 8 nitrogen and oxygen atoms in total. The Bertz CT molecular complexity index is 1510. The van der Waals surface area contributed by atoms with Crippen molar-refractivity contribution in [3.63, 3.8) is 0 Å². The Labute approximate surface area is 226 Å². The zero-order valence-corrected chi connectivity index (χ0v) is 22.1. The van der Waals surface area contributed by atoms with Gasteiger partial charge in [0, 0.05) is 43.1 Å². The van der Waals surface area contributed by atoms with E-state index in [9.17, 15) is 19.1 Å². The number of rotatable bonds is 10. The lowest BCUT2D eigenvalue weighted by atomic mass is 9.98. The van der Waals surface area contributed by atoms with Crippen LogP contribution in [0, 0.1) is 5.82 Å². The summed E-state index contributed by atoms with van der Waals surface area (Å²) in [6, 6.07) is 18.8. The summed E-state index contributed by atoms with van der Waals surface area (Å²) in [5, 5.41) is 20.4. The monoisotopic (exact) mass is 530 g/mol. The first-order valence-electron chi connectivity index (χ1n) is 12.6. The summed E-state index contributed by atoms with van der Waals surface area (Å²) in [5.74, 6) is -1.51. The van der Waals surface area contributed by atoms with E-state index >= 15 is 0 Å². The molecule has 202 valence electrons. The second-order valence-electron chi connectivity index (χ2n) is 9.58. The maximum absolute atomic E-state index is 13.9. The van der Waals surface area contributed by atoms with Crippen molar-refractivity contribution in [1.82, 2.24) is 9.88 Å². The van der Waals surface area contributed by atoms with Crippen LogP contribution in [0.5, 0.6) is 5.88 Å². The van der Waals surface area contributed by atoms with E-state index < -0.39 is 11.8 Å². The van der Waals surface area contributed by atoms with Crippen LogP contribution in [0.2, 0.25) is 0 Å². The predicted molar refractivity (Wildman–Crippen MR) is 151 cm³/mol. The molecule has 39 heavy (non-hydrogen) atoms. The number of aliphatic imine (C=N–C) groups is 1. The number of aliphatic carboxylic acids is 1. The van der Waals surface area contributed by atoms with Gasteiger partial charge in [-0.05, 0) is 68.5 Å². The van der Waals surface area contributed by atoms with Gasteiger partial charge in [-0.2, -0.15) is 0 Å².